The van der Waals surface area contributed by atoms with Crippen LogP contribution in [-0.2, 0) is 11.2 Å². The minimum absolute atomic E-state index is 0.114. The highest BCUT2D eigenvalue weighted by atomic mass is 16.6. The molecular formula is C21H24N2O3. The van der Waals surface area contributed by atoms with Crippen LogP contribution in [-0.4, -0.2) is 18.5 Å². The predicted molar refractivity (Wildman–Crippen MR) is 103 cm³/mol. The fourth-order valence-corrected chi connectivity index (χ4v) is 3.03. The number of fused-ring (bicyclic) bond motifs is 1. The van der Waals surface area contributed by atoms with Crippen LogP contribution < -0.4 is 15.0 Å². The van der Waals surface area contributed by atoms with Gasteiger partial charge in [-0.15, -0.1) is 0 Å². The van der Waals surface area contributed by atoms with E-state index < -0.39 is 11.5 Å². The molecule has 3 rings (SSSR count). The third-order valence-electron chi connectivity index (χ3n) is 4.29. The summed E-state index contributed by atoms with van der Waals surface area (Å²) in [6.45, 7) is 6.52. The number of amides is 2. The summed E-state index contributed by atoms with van der Waals surface area (Å²) >= 11 is 0. The molecular weight excluding hydrogens is 328 g/mol. The molecule has 5 nitrogen and oxygen atoms in total. The molecule has 0 unspecified atom stereocenters. The van der Waals surface area contributed by atoms with Crippen LogP contribution in [0.5, 0.6) is 5.75 Å². The fourth-order valence-electron chi connectivity index (χ4n) is 3.03. The average molecular weight is 352 g/mol. The Morgan fingerprint density at radius 1 is 1.08 bits per heavy atom. The standard InChI is InChI=1S/C21H24N2O3/c1-21(2,3)19(24)23-13-7-8-15-14-16(11-12-18(15)23)22-20(25)26-17-9-5-4-6-10-17/h4-6,9-12,14H,7-8,13H2,1-3H3,(H,22,25). The van der Waals surface area contributed by atoms with Gasteiger partial charge in [0.05, 0.1) is 0 Å². The average Bonchev–Trinajstić information content (AvgIpc) is 2.60. The van der Waals surface area contributed by atoms with Gasteiger partial charge in [0.2, 0.25) is 5.91 Å². The van der Waals surface area contributed by atoms with Gasteiger partial charge in [0, 0.05) is 23.3 Å². The lowest BCUT2D eigenvalue weighted by atomic mass is 9.92. The molecule has 0 radical (unpaired) electrons. The van der Waals surface area contributed by atoms with Gasteiger partial charge in [-0.25, -0.2) is 4.79 Å². The summed E-state index contributed by atoms with van der Waals surface area (Å²) in [4.78, 5) is 26.6. The van der Waals surface area contributed by atoms with E-state index in [0.717, 1.165) is 30.6 Å². The maximum atomic E-state index is 12.7. The van der Waals surface area contributed by atoms with E-state index in [-0.39, 0.29) is 5.91 Å². The van der Waals surface area contributed by atoms with Crippen molar-refractivity contribution in [2.75, 3.05) is 16.8 Å². The van der Waals surface area contributed by atoms with Gasteiger partial charge in [0.15, 0.2) is 0 Å². The zero-order chi connectivity index (χ0) is 18.7. The van der Waals surface area contributed by atoms with Crippen molar-refractivity contribution in [3.63, 3.8) is 0 Å². The first-order valence-electron chi connectivity index (χ1n) is 8.83. The smallest absolute Gasteiger partial charge is 0.410 e. The number of anilines is 2. The Kier molecular flexibility index (Phi) is 4.98. The van der Waals surface area contributed by atoms with Crippen LogP contribution in [0.3, 0.4) is 0 Å². The number of nitrogens with zero attached hydrogens (tertiary/aromatic N) is 1. The summed E-state index contributed by atoms with van der Waals surface area (Å²) in [6, 6.07) is 14.5. The Labute approximate surface area is 154 Å². The fraction of sp³-hybridized carbons (Fsp3) is 0.333. The number of benzene rings is 2. The summed E-state index contributed by atoms with van der Waals surface area (Å²) in [5.74, 6) is 0.604. The number of hydrogen-bond acceptors (Lipinski definition) is 3. The van der Waals surface area contributed by atoms with E-state index in [4.69, 9.17) is 4.74 Å². The van der Waals surface area contributed by atoms with E-state index in [0.29, 0.717) is 11.4 Å². The first-order chi connectivity index (χ1) is 12.3. The quantitative estimate of drug-likeness (QED) is 0.858. The molecule has 1 heterocycles. The van der Waals surface area contributed by atoms with Crippen LogP contribution in [0.1, 0.15) is 32.8 Å². The molecule has 1 aliphatic heterocycles. The molecule has 0 saturated carbocycles. The van der Waals surface area contributed by atoms with Crippen molar-refractivity contribution in [3.05, 3.63) is 54.1 Å². The number of aryl methyl sites for hydroxylation is 1. The third-order valence-corrected chi connectivity index (χ3v) is 4.29. The normalized spacial score (nSPS) is 13.7. The minimum atomic E-state index is -0.533. The molecule has 26 heavy (non-hydrogen) atoms. The van der Waals surface area contributed by atoms with Gasteiger partial charge in [0.25, 0.3) is 0 Å². The highest BCUT2D eigenvalue weighted by Crippen LogP contribution is 2.32. The molecule has 2 aromatic rings. The van der Waals surface area contributed by atoms with Crippen molar-refractivity contribution >= 4 is 23.4 Å². The highest BCUT2D eigenvalue weighted by Gasteiger charge is 2.31. The lowest BCUT2D eigenvalue weighted by Gasteiger charge is -2.34. The molecule has 0 atom stereocenters. The molecule has 2 amide bonds. The second kappa shape index (κ2) is 7.20. The van der Waals surface area contributed by atoms with Gasteiger partial charge in [0.1, 0.15) is 5.75 Å². The largest absolute Gasteiger partial charge is 0.417 e. The van der Waals surface area contributed by atoms with Gasteiger partial charge < -0.3 is 9.64 Å². The maximum absolute atomic E-state index is 12.7. The Morgan fingerprint density at radius 3 is 2.50 bits per heavy atom. The maximum Gasteiger partial charge on any atom is 0.417 e. The van der Waals surface area contributed by atoms with E-state index in [2.05, 4.69) is 5.32 Å². The lowest BCUT2D eigenvalue weighted by Crippen LogP contribution is -2.42. The van der Waals surface area contributed by atoms with Crippen molar-refractivity contribution < 1.29 is 14.3 Å². The van der Waals surface area contributed by atoms with E-state index in [1.165, 1.54) is 0 Å². The number of rotatable bonds is 2. The van der Waals surface area contributed by atoms with Crippen LogP contribution in [0.25, 0.3) is 0 Å². The molecule has 1 aliphatic rings. The summed E-state index contributed by atoms with van der Waals surface area (Å²) in [5, 5.41) is 2.75. The zero-order valence-electron chi connectivity index (χ0n) is 15.4. The van der Waals surface area contributed by atoms with Crippen molar-refractivity contribution in [2.45, 2.75) is 33.6 Å². The number of ether oxygens (including phenoxy) is 1. The molecule has 0 bridgehead atoms. The van der Waals surface area contributed by atoms with Crippen LogP contribution in [0, 0.1) is 5.41 Å². The van der Waals surface area contributed by atoms with Gasteiger partial charge >= 0.3 is 6.09 Å². The van der Waals surface area contributed by atoms with Crippen LogP contribution in [0.15, 0.2) is 48.5 Å². The third kappa shape index (κ3) is 4.04. The van der Waals surface area contributed by atoms with E-state index in [1.54, 1.807) is 18.2 Å². The van der Waals surface area contributed by atoms with Crippen molar-refractivity contribution in [1.29, 1.82) is 0 Å². The SMILES string of the molecule is CC(C)(C)C(=O)N1CCCc2cc(NC(=O)Oc3ccccc3)ccc21. The van der Waals surface area contributed by atoms with Crippen molar-refractivity contribution in [1.82, 2.24) is 0 Å². The topological polar surface area (TPSA) is 58.6 Å². The Morgan fingerprint density at radius 2 is 1.81 bits per heavy atom. The number of nitrogens with one attached hydrogen (secondary N) is 1. The summed E-state index contributed by atoms with van der Waals surface area (Å²) < 4.78 is 5.25. The van der Waals surface area contributed by atoms with Gasteiger partial charge in [-0.2, -0.15) is 0 Å². The minimum Gasteiger partial charge on any atom is -0.410 e. The van der Waals surface area contributed by atoms with Crippen LogP contribution >= 0.6 is 0 Å². The van der Waals surface area contributed by atoms with Gasteiger partial charge in [-0.05, 0) is 48.7 Å². The van der Waals surface area contributed by atoms with Gasteiger partial charge in [-0.3, -0.25) is 10.1 Å². The number of para-hydroxylation sites is 1. The molecule has 136 valence electrons. The molecule has 0 aromatic heterocycles. The number of carbonyl (C=O) groups excluding carboxylic acids is 2. The molecule has 0 fully saturated rings. The van der Waals surface area contributed by atoms with E-state index in [9.17, 15) is 9.59 Å². The van der Waals surface area contributed by atoms with Crippen LogP contribution in [0.4, 0.5) is 16.2 Å². The van der Waals surface area contributed by atoms with Crippen molar-refractivity contribution in [3.8, 4) is 5.75 Å². The Hall–Kier alpha value is -2.82. The second-order valence-corrected chi connectivity index (χ2v) is 7.48. The monoisotopic (exact) mass is 352 g/mol. The van der Waals surface area contributed by atoms with Crippen molar-refractivity contribution in [2.24, 2.45) is 5.41 Å². The van der Waals surface area contributed by atoms with E-state index in [1.807, 2.05) is 56.0 Å². The second-order valence-electron chi connectivity index (χ2n) is 7.48. The zero-order valence-corrected chi connectivity index (χ0v) is 15.4. The van der Waals surface area contributed by atoms with E-state index >= 15 is 0 Å². The molecule has 5 heteroatoms. The molecule has 1 N–H and O–H groups in total. The van der Waals surface area contributed by atoms with Crippen LogP contribution in [0.2, 0.25) is 0 Å². The summed E-state index contributed by atoms with van der Waals surface area (Å²) in [5.41, 5.74) is 2.23. The Balaban J connectivity index is 1.74. The molecule has 0 saturated heterocycles. The van der Waals surface area contributed by atoms with Gasteiger partial charge in [-0.1, -0.05) is 39.0 Å². The number of hydrogen-bond donors (Lipinski definition) is 1. The summed E-state index contributed by atoms with van der Waals surface area (Å²) in [6.07, 6.45) is 1.26. The predicted octanol–water partition coefficient (Wildman–Crippen LogP) is 4.62. The first kappa shape index (κ1) is 18.0. The Bertz CT molecular complexity index is 810. The lowest BCUT2D eigenvalue weighted by molar-refractivity contribution is -0.125. The highest BCUT2D eigenvalue weighted by molar-refractivity contribution is 5.98. The first-order valence-corrected chi connectivity index (χ1v) is 8.83. The molecule has 2 aromatic carbocycles. The number of carbonyl (C=O) groups is 2. The molecule has 0 aliphatic carbocycles. The summed E-state index contributed by atoms with van der Waals surface area (Å²) in [7, 11) is 0. The molecule has 0 spiro atoms.